The third kappa shape index (κ3) is 5.54. The van der Waals surface area contributed by atoms with Crippen LogP contribution in [0.3, 0.4) is 0 Å². The second-order valence-corrected chi connectivity index (χ2v) is 5.94. The topological polar surface area (TPSA) is 117 Å². The summed E-state index contributed by atoms with van der Waals surface area (Å²) in [5.41, 5.74) is 0. The Kier molecular flexibility index (Phi) is 6.37. The molecule has 1 unspecified atom stereocenters. The highest BCUT2D eigenvalue weighted by atomic mass is 16.5. The molecule has 8 heteroatoms. The third-order valence-electron chi connectivity index (χ3n) is 4.00. The Morgan fingerprint density at radius 2 is 2.09 bits per heavy atom. The maximum absolute atomic E-state index is 11.7. The van der Waals surface area contributed by atoms with Crippen molar-refractivity contribution in [3.63, 3.8) is 0 Å². The quantitative estimate of drug-likeness (QED) is 0.663. The van der Waals surface area contributed by atoms with E-state index in [9.17, 15) is 9.59 Å². The molecule has 1 aliphatic rings. The lowest BCUT2D eigenvalue weighted by molar-refractivity contribution is -0.137. The highest BCUT2D eigenvalue weighted by Crippen LogP contribution is 2.31. The molecule has 0 spiro atoms. The number of rotatable bonds is 7. The first-order valence-electron chi connectivity index (χ1n) is 8.16. The number of hydrogen-bond acceptors (Lipinski definition) is 5. The van der Waals surface area contributed by atoms with Crippen LogP contribution in [0.4, 0.5) is 4.79 Å². The van der Waals surface area contributed by atoms with Gasteiger partial charge >= 0.3 is 12.0 Å². The minimum absolute atomic E-state index is 0.0320. The zero-order valence-electron chi connectivity index (χ0n) is 13.4. The molecule has 2 amide bonds. The zero-order chi connectivity index (χ0) is 16.7. The van der Waals surface area contributed by atoms with E-state index in [1.165, 1.54) is 19.3 Å². The van der Waals surface area contributed by atoms with Crippen molar-refractivity contribution in [1.29, 1.82) is 0 Å². The van der Waals surface area contributed by atoms with Gasteiger partial charge in [-0.05, 0) is 26.2 Å². The lowest BCUT2D eigenvalue weighted by Crippen LogP contribution is -2.37. The SMILES string of the molecule is CC(NC(=O)NCCCC(=O)O)c1nc(C2CCCCC2)no1. The normalized spacial score (nSPS) is 16.7. The number of carbonyl (C=O) groups excluding carboxylic acids is 1. The first-order chi connectivity index (χ1) is 11.1. The Morgan fingerprint density at radius 1 is 1.35 bits per heavy atom. The Labute approximate surface area is 135 Å². The summed E-state index contributed by atoms with van der Waals surface area (Å²) in [5, 5.41) is 17.9. The van der Waals surface area contributed by atoms with Gasteiger partial charge in [0.1, 0.15) is 6.04 Å². The number of carbonyl (C=O) groups is 2. The second kappa shape index (κ2) is 8.50. The number of nitrogens with one attached hydrogen (secondary N) is 2. The molecule has 1 aromatic heterocycles. The van der Waals surface area contributed by atoms with Crippen LogP contribution >= 0.6 is 0 Å². The highest BCUT2D eigenvalue weighted by molar-refractivity contribution is 5.74. The minimum atomic E-state index is -0.873. The molecule has 0 saturated heterocycles. The summed E-state index contributed by atoms with van der Waals surface area (Å²) < 4.78 is 5.26. The molecule has 1 heterocycles. The summed E-state index contributed by atoms with van der Waals surface area (Å²) in [7, 11) is 0. The number of amides is 2. The molecule has 128 valence electrons. The molecule has 23 heavy (non-hydrogen) atoms. The maximum Gasteiger partial charge on any atom is 0.315 e. The Hall–Kier alpha value is -2.12. The average molecular weight is 324 g/mol. The fourth-order valence-corrected chi connectivity index (χ4v) is 2.70. The number of aromatic nitrogens is 2. The molecule has 0 bridgehead atoms. The van der Waals surface area contributed by atoms with E-state index in [0.29, 0.717) is 24.8 Å². The van der Waals surface area contributed by atoms with E-state index in [2.05, 4.69) is 20.8 Å². The fraction of sp³-hybridized carbons (Fsp3) is 0.733. The van der Waals surface area contributed by atoms with E-state index in [4.69, 9.17) is 9.63 Å². The number of nitrogens with zero attached hydrogens (tertiary/aromatic N) is 2. The summed E-state index contributed by atoms with van der Waals surface area (Å²) >= 11 is 0. The predicted molar refractivity (Wildman–Crippen MR) is 81.9 cm³/mol. The molecule has 1 atom stereocenters. The molecular formula is C15H24N4O4. The van der Waals surface area contributed by atoms with Gasteiger partial charge in [0.25, 0.3) is 0 Å². The van der Waals surface area contributed by atoms with Crippen LogP contribution in [-0.2, 0) is 4.79 Å². The summed E-state index contributed by atoms with van der Waals surface area (Å²) in [6.45, 7) is 2.08. The van der Waals surface area contributed by atoms with Crippen molar-refractivity contribution >= 4 is 12.0 Å². The summed E-state index contributed by atoms with van der Waals surface area (Å²) in [6, 6.07) is -0.764. The standard InChI is InChI=1S/C15H24N4O4/c1-10(17-15(22)16-9-5-8-12(20)21)14-18-13(19-23-14)11-6-3-2-4-7-11/h10-11H,2-9H2,1H3,(H,20,21)(H2,16,17,22). The van der Waals surface area contributed by atoms with Crippen molar-refractivity contribution in [2.75, 3.05) is 6.54 Å². The van der Waals surface area contributed by atoms with Gasteiger partial charge in [0.2, 0.25) is 5.89 Å². The summed E-state index contributed by atoms with van der Waals surface area (Å²) in [5.74, 6) is 0.612. The summed E-state index contributed by atoms with van der Waals surface area (Å²) in [4.78, 5) is 26.5. The lowest BCUT2D eigenvalue weighted by Gasteiger charge is -2.17. The molecule has 3 N–H and O–H groups in total. The van der Waals surface area contributed by atoms with Gasteiger partial charge < -0.3 is 20.3 Å². The molecule has 1 aliphatic carbocycles. The fourth-order valence-electron chi connectivity index (χ4n) is 2.70. The van der Waals surface area contributed by atoms with Crippen molar-refractivity contribution in [1.82, 2.24) is 20.8 Å². The van der Waals surface area contributed by atoms with Crippen molar-refractivity contribution < 1.29 is 19.2 Å². The van der Waals surface area contributed by atoms with Gasteiger partial charge in [-0.1, -0.05) is 24.4 Å². The monoisotopic (exact) mass is 324 g/mol. The van der Waals surface area contributed by atoms with Gasteiger partial charge in [0.05, 0.1) is 0 Å². The van der Waals surface area contributed by atoms with Crippen LogP contribution in [0.15, 0.2) is 4.52 Å². The second-order valence-electron chi connectivity index (χ2n) is 5.94. The van der Waals surface area contributed by atoms with Crippen LogP contribution in [0.1, 0.15) is 75.5 Å². The largest absolute Gasteiger partial charge is 0.481 e. The Balaban J connectivity index is 1.76. The van der Waals surface area contributed by atoms with Crippen LogP contribution in [0.2, 0.25) is 0 Å². The lowest BCUT2D eigenvalue weighted by atomic mass is 9.89. The van der Waals surface area contributed by atoms with Crippen molar-refractivity contribution in [3.8, 4) is 0 Å². The third-order valence-corrected chi connectivity index (χ3v) is 4.00. The minimum Gasteiger partial charge on any atom is -0.481 e. The van der Waals surface area contributed by atoms with Crippen LogP contribution in [0.25, 0.3) is 0 Å². The van der Waals surface area contributed by atoms with E-state index in [1.807, 2.05) is 0 Å². The average Bonchev–Trinajstić information content (AvgIpc) is 3.02. The van der Waals surface area contributed by atoms with Crippen molar-refractivity contribution in [3.05, 3.63) is 11.7 Å². The van der Waals surface area contributed by atoms with Crippen LogP contribution in [0, 0.1) is 0 Å². The summed E-state index contributed by atoms with van der Waals surface area (Å²) in [6.07, 6.45) is 6.26. The number of carboxylic acids is 1. The molecule has 2 rings (SSSR count). The van der Waals surface area contributed by atoms with E-state index in [0.717, 1.165) is 18.7 Å². The van der Waals surface area contributed by atoms with Gasteiger partial charge in [-0.2, -0.15) is 4.98 Å². The van der Waals surface area contributed by atoms with Gasteiger partial charge in [-0.15, -0.1) is 0 Å². The van der Waals surface area contributed by atoms with Gasteiger partial charge in [-0.3, -0.25) is 4.79 Å². The highest BCUT2D eigenvalue weighted by Gasteiger charge is 2.23. The van der Waals surface area contributed by atoms with Gasteiger partial charge in [-0.25, -0.2) is 4.79 Å². The van der Waals surface area contributed by atoms with Crippen LogP contribution in [-0.4, -0.2) is 33.8 Å². The number of urea groups is 1. The van der Waals surface area contributed by atoms with E-state index < -0.39 is 5.97 Å². The van der Waals surface area contributed by atoms with Crippen LogP contribution in [0.5, 0.6) is 0 Å². The Bertz CT molecular complexity index is 525. The molecule has 1 fully saturated rings. The van der Waals surface area contributed by atoms with Crippen LogP contribution < -0.4 is 10.6 Å². The Morgan fingerprint density at radius 3 is 2.78 bits per heavy atom. The molecule has 0 aliphatic heterocycles. The molecule has 1 aromatic rings. The number of hydrogen-bond donors (Lipinski definition) is 3. The van der Waals surface area contributed by atoms with E-state index in [1.54, 1.807) is 6.92 Å². The first-order valence-corrected chi connectivity index (χ1v) is 8.16. The van der Waals surface area contributed by atoms with Gasteiger partial charge in [0.15, 0.2) is 5.82 Å². The number of carboxylic acid groups (broad SMARTS) is 1. The molecule has 8 nitrogen and oxygen atoms in total. The molecule has 0 radical (unpaired) electrons. The maximum atomic E-state index is 11.7. The predicted octanol–water partition coefficient (Wildman–Crippen LogP) is 2.34. The van der Waals surface area contributed by atoms with Crippen molar-refractivity contribution in [2.24, 2.45) is 0 Å². The zero-order valence-corrected chi connectivity index (χ0v) is 13.4. The van der Waals surface area contributed by atoms with Gasteiger partial charge in [0, 0.05) is 18.9 Å². The van der Waals surface area contributed by atoms with E-state index in [-0.39, 0.29) is 18.5 Å². The first kappa shape index (κ1) is 17.2. The molecular weight excluding hydrogens is 300 g/mol. The van der Waals surface area contributed by atoms with Crippen molar-refractivity contribution in [2.45, 2.75) is 63.8 Å². The molecule has 1 saturated carbocycles. The van der Waals surface area contributed by atoms with E-state index >= 15 is 0 Å². The number of aliphatic carboxylic acids is 1. The molecule has 0 aromatic carbocycles. The smallest absolute Gasteiger partial charge is 0.315 e.